The van der Waals surface area contributed by atoms with E-state index in [1.807, 2.05) is 32.0 Å². The molecule has 0 bridgehead atoms. The monoisotopic (exact) mass is 348 g/mol. The molecule has 3 N–H and O–H groups in total. The molecule has 7 heteroatoms. The summed E-state index contributed by atoms with van der Waals surface area (Å²) in [6, 6.07) is 9.48. The van der Waals surface area contributed by atoms with Crippen molar-refractivity contribution in [3.8, 4) is 0 Å². The Kier molecular flexibility index (Phi) is 4.32. The number of aryl methyl sites for hydroxylation is 2. The van der Waals surface area contributed by atoms with Gasteiger partial charge in [-0.05, 0) is 49.7 Å². The lowest BCUT2D eigenvalue weighted by atomic mass is 10.1. The largest absolute Gasteiger partial charge is 0.335 e. The van der Waals surface area contributed by atoms with Gasteiger partial charge >= 0.3 is 0 Å². The van der Waals surface area contributed by atoms with E-state index in [0.717, 1.165) is 34.4 Å². The molecule has 7 nitrogen and oxygen atoms in total. The van der Waals surface area contributed by atoms with Crippen molar-refractivity contribution in [3.05, 3.63) is 65.2 Å². The van der Waals surface area contributed by atoms with E-state index >= 15 is 0 Å². The fraction of sp³-hybridized carbons (Fsp3) is 0.263. The quantitative estimate of drug-likeness (QED) is 0.670. The molecule has 0 spiro atoms. The van der Waals surface area contributed by atoms with Crippen LogP contribution < -0.4 is 16.2 Å². The van der Waals surface area contributed by atoms with Crippen LogP contribution in [0.4, 0.5) is 0 Å². The van der Waals surface area contributed by atoms with Crippen LogP contribution in [0.5, 0.6) is 0 Å². The highest BCUT2D eigenvalue weighted by Gasteiger charge is 2.26. The maximum absolute atomic E-state index is 12.6. The first-order chi connectivity index (χ1) is 12.6. The molecule has 3 aromatic rings. The molecule has 4 rings (SSSR count). The number of hydrogen-bond acceptors (Lipinski definition) is 6. The molecule has 1 fully saturated rings. The molecule has 132 valence electrons. The summed E-state index contributed by atoms with van der Waals surface area (Å²) in [4.78, 5) is 25.7. The summed E-state index contributed by atoms with van der Waals surface area (Å²) >= 11 is 0. The number of benzene rings is 1. The van der Waals surface area contributed by atoms with Gasteiger partial charge in [-0.15, -0.1) is 0 Å². The van der Waals surface area contributed by atoms with Crippen LogP contribution in [0, 0.1) is 13.8 Å². The highest BCUT2D eigenvalue weighted by atomic mass is 16.1. The Morgan fingerprint density at radius 3 is 2.54 bits per heavy atom. The second-order valence-corrected chi connectivity index (χ2v) is 6.48. The van der Waals surface area contributed by atoms with Crippen molar-refractivity contribution in [2.45, 2.75) is 32.5 Å². The zero-order valence-corrected chi connectivity index (χ0v) is 14.7. The molecular formula is C19H20N6O. The minimum atomic E-state index is -0.151. The second-order valence-electron chi connectivity index (χ2n) is 6.48. The van der Waals surface area contributed by atoms with Crippen molar-refractivity contribution >= 4 is 16.9 Å². The maximum Gasteiger partial charge on any atom is 0.252 e. The third kappa shape index (κ3) is 3.26. The Bertz CT molecular complexity index is 959. The fourth-order valence-electron chi connectivity index (χ4n) is 3.08. The number of nitrogens with one attached hydrogen (secondary N) is 3. The van der Waals surface area contributed by atoms with E-state index in [0.29, 0.717) is 5.56 Å². The van der Waals surface area contributed by atoms with E-state index in [2.05, 4.69) is 31.1 Å². The van der Waals surface area contributed by atoms with E-state index in [9.17, 15) is 4.79 Å². The van der Waals surface area contributed by atoms with E-state index in [-0.39, 0.29) is 18.1 Å². The normalized spacial score (nSPS) is 19.6. The first kappa shape index (κ1) is 16.6. The molecule has 0 aliphatic carbocycles. The van der Waals surface area contributed by atoms with Crippen molar-refractivity contribution in [1.29, 1.82) is 0 Å². The molecule has 0 saturated carbocycles. The number of fused-ring (bicyclic) bond motifs is 1. The van der Waals surface area contributed by atoms with Gasteiger partial charge in [-0.1, -0.05) is 0 Å². The minimum Gasteiger partial charge on any atom is -0.335 e. The van der Waals surface area contributed by atoms with Gasteiger partial charge in [0.25, 0.3) is 5.91 Å². The zero-order valence-electron chi connectivity index (χ0n) is 14.7. The third-order valence-corrected chi connectivity index (χ3v) is 4.65. The number of nitrogens with zero attached hydrogens (tertiary/aromatic N) is 3. The van der Waals surface area contributed by atoms with Gasteiger partial charge < -0.3 is 5.32 Å². The standard InChI is InChI=1S/C19H20N6O/c1-11-12(2)22-17-9-14(3-4-15(17)21-11)19(26)23-18-10-16(24-25-18)13-5-7-20-8-6-13/h3-9,16,18,24-25H,10H2,1-2H3,(H,23,26). The topological polar surface area (TPSA) is 91.8 Å². The number of hydrazine groups is 1. The molecule has 0 radical (unpaired) electrons. The minimum absolute atomic E-state index is 0.136. The summed E-state index contributed by atoms with van der Waals surface area (Å²) in [7, 11) is 0. The third-order valence-electron chi connectivity index (χ3n) is 4.65. The molecule has 1 aliphatic heterocycles. The lowest BCUT2D eigenvalue weighted by Gasteiger charge is -2.12. The zero-order chi connectivity index (χ0) is 18.1. The SMILES string of the molecule is Cc1nc2ccc(C(=O)NC3CC(c4ccncc4)NN3)cc2nc1C. The second kappa shape index (κ2) is 6.78. The summed E-state index contributed by atoms with van der Waals surface area (Å²) in [5.74, 6) is -0.137. The number of hydrogen-bond donors (Lipinski definition) is 3. The first-order valence-electron chi connectivity index (χ1n) is 8.57. The van der Waals surface area contributed by atoms with Gasteiger partial charge in [0.2, 0.25) is 0 Å². The van der Waals surface area contributed by atoms with Crippen LogP contribution in [-0.2, 0) is 0 Å². The predicted octanol–water partition coefficient (Wildman–Crippen LogP) is 1.94. The van der Waals surface area contributed by atoms with Gasteiger partial charge in [-0.25, -0.2) is 20.8 Å². The Balaban J connectivity index is 1.47. The number of carbonyl (C=O) groups is 1. The van der Waals surface area contributed by atoms with Crippen LogP contribution in [0.3, 0.4) is 0 Å². The van der Waals surface area contributed by atoms with Crippen LogP contribution in [0.25, 0.3) is 11.0 Å². The summed E-state index contributed by atoms with van der Waals surface area (Å²) < 4.78 is 0. The van der Waals surface area contributed by atoms with Crippen molar-refractivity contribution < 1.29 is 4.79 Å². The van der Waals surface area contributed by atoms with Crippen LogP contribution in [0.2, 0.25) is 0 Å². The van der Waals surface area contributed by atoms with Crippen molar-refractivity contribution in [2.75, 3.05) is 0 Å². The smallest absolute Gasteiger partial charge is 0.252 e. The van der Waals surface area contributed by atoms with Gasteiger partial charge in [0, 0.05) is 30.4 Å². The lowest BCUT2D eigenvalue weighted by Crippen LogP contribution is -2.44. The highest BCUT2D eigenvalue weighted by Crippen LogP contribution is 2.21. The molecule has 1 saturated heterocycles. The number of carbonyl (C=O) groups excluding carboxylic acids is 1. The number of pyridine rings is 1. The van der Waals surface area contributed by atoms with Gasteiger partial charge in [0.05, 0.1) is 28.6 Å². The number of aromatic nitrogens is 3. The fourth-order valence-corrected chi connectivity index (χ4v) is 3.08. The van der Waals surface area contributed by atoms with Crippen LogP contribution in [0.15, 0.2) is 42.7 Å². The molecule has 3 heterocycles. The Morgan fingerprint density at radius 1 is 1.04 bits per heavy atom. The average Bonchev–Trinajstić information content (AvgIpc) is 3.11. The number of rotatable bonds is 3. The maximum atomic E-state index is 12.6. The summed E-state index contributed by atoms with van der Waals surface area (Å²) in [5.41, 5.74) is 11.3. The van der Waals surface area contributed by atoms with E-state index in [1.165, 1.54) is 0 Å². The predicted molar refractivity (Wildman–Crippen MR) is 98.1 cm³/mol. The van der Waals surface area contributed by atoms with Crippen LogP contribution in [0.1, 0.15) is 39.8 Å². The first-order valence-corrected chi connectivity index (χ1v) is 8.57. The van der Waals surface area contributed by atoms with Crippen LogP contribution >= 0.6 is 0 Å². The van der Waals surface area contributed by atoms with Crippen molar-refractivity contribution in [1.82, 2.24) is 31.1 Å². The van der Waals surface area contributed by atoms with Crippen molar-refractivity contribution in [3.63, 3.8) is 0 Å². The number of amides is 1. The summed E-state index contributed by atoms with van der Waals surface area (Å²) in [6.45, 7) is 3.85. The molecule has 2 aromatic heterocycles. The molecule has 26 heavy (non-hydrogen) atoms. The lowest BCUT2D eigenvalue weighted by molar-refractivity contribution is 0.0932. The van der Waals surface area contributed by atoms with Crippen molar-refractivity contribution in [2.24, 2.45) is 0 Å². The highest BCUT2D eigenvalue weighted by molar-refractivity contribution is 5.97. The van der Waals surface area contributed by atoms with Gasteiger partial charge in [-0.2, -0.15) is 0 Å². The molecule has 1 aromatic carbocycles. The van der Waals surface area contributed by atoms with Gasteiger partial charge in [-0.3, -0.25) is 9.78 Å². The summed E-state index contributed by atoms with van der Waals surface area (Å²) in [5, 5.41) is 3.01. The Hall–Kier alpha value is -2.90. The molecule has 2 unspecified atom stereocenters. The molecule has 1 aliphatic rings. The van der Waals surface area contributed by atoms with Gasteiger partial charge in [0.1, 0.15) is 0 Å². The summed E-state index contributed by atoms with van der Waals surface area (Å²) in [6.07, 6.45) is 4.13. The molecule has 2 atom stereocenters. The average molecular weight is 348 g/mol. The van der Waals surface area contributed by atoms with Gasteiger partial charge in [0.15, 0.2) is 0 Å². The Labute approximate surface area is 151 Å². The molecular weight excluding hydrogens is 328 g/mol. The van der Waals surface area contributed by atoms with E-state index < -0.39 is 0 Å². The Morgan fingerprint density at radius 2 is 1.77 bits per heavy atom. The van der Waals surface area contributed by atoms with Crippen LogP contribution in [-0.4, -0.2) is 27.0 Å². The van der Waals surface area contributed by atoms with E-state index in [4.69, 9.17) is 0 Å². The molecule has 1 amide bonds. The van der Waals surface area contributed by atoms with E-state index in [1.54, 1.807) is 24.5 Å².